The number of rotatable bonds is 7. The minimum Gasteiger partial charge on any atom is -0.475 e. The van der Waals surface area contributed by atoms with Crippen molar-refractivity contribution in [3.8, 4) is 0 Å². The van der Waals surface area contributed by atoms with Crippen LogP contribution in [-0.2, 0) is 19.5 Å². The van der Waals surface area contributed by atoms with Crippen LogP contribution < -0.4 is 10.2 Å². The largest absolute Gasteiger partial charge is 0.475 e. The summed E-state index contributed by atoms with van der Waals surface area (Å²) in [6, 6.07) is 8.85. The van der Waals surface area contributed by atoms with Gasteiger partial charge in [-0.05, 0) is 67.9 Å². The third-order valence-electron chi connectivity index (χ3n) is 8.99. The molecule has 1 aliphatic heterocycles. The normalized spacial score (nSPS) is 22.9. The zero-order chi connectivity index (χ0) is 25.5. The molecular formula is C29H38N6O2. The molecule has 0 saturated heterocycles. The summed E-state index contributed by atoms with van der Waals surface area (Å²) in [6.07, 6.45) is 9.56. The van der Waals surface area contributed by atoms with Crippen LogP contribution in [0.2, 0.25) is 0 Å². The van der Waals surface area contributed by atoms with E-state index in [0.29, 0.717) is 23.3 Å². The van der Waals surface area contributed by atoms with E-state index >= 15 is 0 Å². The highest BCUT2D eigenvalue weighted by Crippen LogP contribution is 2.36. The number of carboxylic acids is 1. The van der Waals surface area contributed by atoms with Crippen LogP contribution in [-0.4, -0.2) is 43.2 Å². The summed E-state index contributed by atoms with van der Waals surface area (Å²) >= 11 is 0. The summed E-state index contributed by atoms with van der Waals surface area (Å²) in [5.74, 6) is 2.14. The number of nitrogens with one attached hydrogen (secondary N) is 1. The second-order valence-electron chi connectivity index (χ2n) is 11.6. The molecule has 1 aromatic carbocycles. The molecule has 2 aromatic heterocycles. The molecule has 1 atom stereocenters. The molecule has 3 heterocycles. The van der Waals surface area contributed by atoms with Gasteiger partial charge in [0.25, 0.3) is 0 Å². The first-order chi connectivity index (χ1) is 18.0. The van der Waals surface area contributed by atoms with Crippen molar-refractivity contribution in [3.05, 3.63) is 41.2 Å². The quantitative estimate of drug-likeness (QED) is 0.439. The van der Waals surface area contributed by atoms with E-state index in [1.807, 2.05) is 0 Å². The first-order valence-corrected chi connectivity index (χ1v) is 14.1. The summed E-state index contributed by atoms with van der Waals surface area (Å²) < 4.78 is 2.31. The van der Waals surface area contributed by atoms with Crippen LogP contribution in [0, 0.1) is 17.8 Å². The Morgan fingerprint density at radius 3 is 2.54 bits per heavy atom. The van der Waals surface area contributed by atoms with E-state index in [1.54, 1.807) is 0 Å². The van der Waals surface area contributed by atoms with Gasteiger partial charge in [-0.25, -0.2) is 14.8 Å². The summed E-state index contributed by atoms with van der Waals surface area (Å²) in [7, 11) is 0. The monoisotopic (exact) mass is 502 g/mol. The Labute approximate surface area is 218 Å². The maximum absolute atomic E-state index is 12.0. The van der Waals surface area contributed by atoms with Gasteiger partial charge < -0.3 is 19.9 Å². The van der Waals surface area contributed by atoms with Crippen LogP contribution in [0.4, 0.5) is 11.8 Å². The molecule has 196 valence electrons. The number of carbonyl (C=O) groups is 1. The van der Waals surface area contributed by atoms with Crippen molar-refractivity contribution in [1.82, 2.24) is 19.5 Å². The number of carboxylic acid groups (broad SMARTS) is 1. The van der Waals surface area contributed by atoms with Crippen LogP contribution in [0.1, 0.15) is 80.5 Å². The third-order valence-corrected chi connectivity index (χ3v) is 8.99. The van der Waals surface area contributed by atoms with Crippen LogP contribution >= 0.6 is 0 Å². The van der Waals surface area contributed by atoms with Gasteiger partial charge in [0.05, 0.1) is 0 Å². The Morgan fingerprint density at radius 1 is 1.08 bits per heavy atom. The lowest BCUT2D eigenvalue weighted by molar-refractivity contribution is 0.0684. The average molecular weight is 503 g/mol. The lowest BCUT2D eigenvalue weighted by Crippen LogP contribution is -2.33. The van der Waals surface area contributed by atoms with Crippen LogP contribution in [0.25, 0.3) is 11.2 Å². The van der Waals surface area contributed by atoms with Crippen molar-refractivity contribution in [2.45, 2.75) is 84.3 Å². The van der Waals surface area contributed by atoms with Crippen molar-refractivity contribution < 1.29 is 9.90 Å². The topological polar surface area (TPSA) is 96.2 Å². The highest BCUT2D eigenvalue weighted by Gasteiger charge is 2.30. The van der Waals surface area contributed by atoms with Gasteiger partial charge in [0.1, 0.15) is 5.52 Å². The minimum atomic E-state index is -1.12. The number of aromatic nitrogens is 4. The van der Waals surface area contributed by atoms with Gasteiger partial charge in [0, 0.05) is 25.7 Å². The van der Waals surface area contributed by atoms with Crippen molar-refractivity contribution in [3.63, 3.8) is 0 Å². The molecule has 2 saturated carbocycles. The van der Waals surface area contributed by atoms with E-state index in [0.717, 1.165) is 43.4 Å². The molecule has 3 aliphatic rings. The molecular weight excluding hydrogens is 464 g/mol. The molecule has 2 aliphatic carbocycles. The number of anilines is 2. The lowest BCUT2D eigenvalue weighted by Gasteiger charge is -2.33. The number of imidazole rings is 1. The number of aromatic carboxylic acids is 1. The fraction of sp³-hybridized carbons (Fsp3) is 0.586. The average Bonchev–Trinajstić information content (AvgIpc) is 3.22. The number of nitrogens with zero attached hydrogens (tertiary/aromatic N) is 5. The standard InChI is InChI=1S/C29H38N6O2/c1-18-10-12-20(13-11-18)16-35-24-25(30-19(2)21-8-5-9-21)31-27(28(36)37)32-26(24)33-29(35)34-15-14-22-6-3-4-7-23(22)17-34/h3-4,6-7,18-21H,5,8-17H2,1-2H3,(H,36,37)(H,30,31,32)/t18?,19-,20?/m1/s1. The van der Waals surface area contributed by atoms with E-state index in [1.165, 1.54) is 56.1 Å². The van der Waals surface area contributed by atoms with E-state index in [4.69, 9.17) is 4.98 Å². The van der Waals surface area contributed by atoms with Crippen LogP contribution in [0.3, 0.4) is 0 Å². The Hall–Kier alpha value is -3.16. The maximum atomic E-state index is 12.0. The van der Waals surface area contributed by atoms with Gasteiger partial charge in [-0.3, -0.25) is 0 Å². The zero-order valence-electron chi connectivity index (χ0n) is 22.0. The van der Waals surface area contributed by atoms with Gasteiger partial charge in [-0.15, -0.1) is 0 Å². The Balaban J connectivity index is 1.44. The smallest absolute Gasteiger partial charge is 0.374 e. The van der Waals surface area contributed by atoms with E-state index in [9.17, 15) is 9.90 Å². The minimum absolute atomic E-state index is 0.192. The Morgan fingerprint density at radius 2 is 1.84 bits per heavy atom. The van der Waals surface area contributed by atoms with Gasteiger partial charge >= 0.3 is 5.97 Å². The fourth-order valence-corrected chi connectivity index (χ4v) is 6.34. The predicted octanol–water partition coefficient (Wildman–Crippen LogP) is 5.51. The summed E-state index contributed by atoms with van der Waals surface area (Å²) in [6.45, 7) is 7.07. The second-order valence-corrected chi connectivity index (χ2v) is 11.6. The van der Waals surface area contributed by atoms with E-state index < -0.39 is 5.97 Å². The third kappa shape index (κ3) is 4.78. The molecule has 37 heavy (non-hydrogen) atoms. The van der Waals surface area contributed by atoms with Gasteiger partial charge in [0.2, 0.25) is 11.8 Å². The number of hydrogen-bond acceptors (Lipinski definition) is 6. The highest BCUT2D eigenvalue weighted by molar-refractivity contribution is 5.91. The van der Waals surface area contributed by atoms with E-state index in [-0.39, 0.29) is 11.9 Å². The molecule has 2 fully saturated rings. The maximum Gasteiger partial charge on any atom is 0.374 e. The molecule has 0 spiro atoms. The predicted molar refractivity (Wildman–Crippen MR) is 145 cm³/mol. The molecule has 3 aromatic rings. The van der Waals surface area contributed by atoms with Crippen molar-refractivity contribution in [2.75, 3.05) is 16.8 Å². The summed E-state index contributed by atoms with van der Waals surface area (Å²) in [5, 5.41) is 13.4. The fourth-order valence-electron chi connectivity index (χ4n) is 6.34. The number of benzene rings is 1. The number of hydrogen-bond donors (Lipinski definition) is 2. The zero-order valence-corrected chi connectivity index (χ0v) is 22.0. The lowest BCUT2D eigenvalue weighted by atomic mass is 9.80. The molecule has 0 unspecified atom stereocenters. The van der Waals surface area contributed by atoms with Crippen LogP contribution in [0.15, 0.2) is 24.3 Å². The van der Waals surface area contributed by atoms with Crippen molar-refractivity contribution in [1.29, 1.82) is 0 Å². The van der Waals surface area contributed by atoms with Gasteiger partial charge in [0.15, 0.2) is 11.5 Å². The summed E-state index contributed by atoms with van der Waals surface area (Å²) in [5.41, 5.74) is 4.05. The molecule has 0 bridgehead atoms. The van der Waals surface area contributed by atoms with Gasteiger partial charge in [-0.2, -0.15) is 4.98 Å². The molecule has 8 heteroatoms. The van der Waals surface area contributed by atoms with Gasteiger partial charge in [-0.1, -0.05) is 50.5 Å². The number of fused-ring (bicyclic) bond motifs is 2. The first kappa shape index (κ1) is 24.2. The SMILES string of the molecule is CC1CCC(Cn2c(N3CCc4ccccc4C3)nc3nc(C(=O)O)nc(N[C@H](C)C4CCC4)c32)CC1. The Bertz CT molecular complexity index is 1290. The molecule has 0 radical (unpaired) electrons. The molecule has 0 amide bonds. The van der Waals surface area contributed by atoms with Crippen molar-refractivity contribution in [2.24, 2.45) is 17.8 Å². The molecule has 6 rings (SSSR count). The first-order valence-electron chi connectivity index (χ1n) is 14.1. The second kappa shape index (κ2) is 9.95. The van der Waals surface area contributed by atoms with E-state index in [2.05, 4.69) is 62.9 Å². The molecule has 2 N–H and O–H groups in total. The Kier molecular flexibility index (Phi) is 6.51. The summed E-state index contributed by atoms with van der Waals surface area (Å²) in [4.78, 5) is 28.3. The molecule has 8 nitrogen and oxygen atoms in total. The highest BCUT2D eigenvalue weighted by atomic mass is 16.4. The van der Waals surface area contributed by atoms with Crippen LogP contribution in [0.5, 0.6) is 0 Å². The van der Waals surface area contributed by atoms with Crippen molar-refractivity contribution >= 4 is 28.9 Å².